The number of aromatic nitrogens is 1. The molecule has 0 unspecified atom stereocenters. The topological polar surface area (TPSA) is 115 Å². The number of carbonyl (C=O) groups excluding carboxylic acids is 1. The van der Waals surface area contributed by atoms with Crippen molar-refractivity contribution >= 4 is 37.5 Å². The molecular weight excluding hydrogens is 414 g/mol. The van der Waals surface area contributed by atoms with Crippen LogP contribution in [0, 0.1) is 0 Å². The van der Waals surface area contributed by atoms with Crippen LogP contribution in [-0.2, 0) is 15.6 Å². The molecule has 2 aromatic rings. The molecule has 132 valence electrons. The highest BCUT2D eigenvalue weighted by Crippen LogP contribution is 2.43. The monoisotopic (exact) mass is 427 g/mol. The molecule has 0 radical (unpaired) electrons. The quantitative estimate of drug-likeness (QED) is 0.704. The molecule has 0 spiro atoms. The summed E-state index contributed by atoms with van der Waals surface area (Å²) in [5.41, 5.74) is -0.137. The Bertz CT molecular complexity index is 975. The maximum atomic E-state index is 13.1. The van der Waals surface area contributed by atoms with Gasteiger partial charge in [-0.25, -0.2) is 13.2 Å². The van der Waals surface area contributed by atoms with E-state index in [1.165, 1.54) is 6.07 Å². The Kier molecular flexibility index (Phi) is 4.54. The van der Waals surface area contributed by atoms with Crippen LogP contribution in [0.25, 0.3) is 0 Å². The lowest BCUT2D eigenvalue weighted by Gasteiger charge is -2.10. The molecule has 25 heavy (non-hydrogen) atoms. The standard InChI is InChI=1S/C16H14BrNO6S/c1-25(22,23)7-10-9(3-2-4-11(10)17)14(19)12-13(16(20)21)18-24-15(12)8-5-6-8/h2-4,8H,5-7H2,1H3,(H,20,21). The van der Waals surface area contributed by atoms with E-state index >= 15 is 0 Å². The first kappa shape index (κ1) is 17.8. The number of sulfone groups is 1. The number of nitrogens with zero attached hydrogens (tertiary/aromatic N) is 1. The van der Waals surface area contributed by atoms with Gasteiger partial charge in [-0.3, -0.25) is 4.79 Å². The Balaban J connectivity index is 2.16. The lowest BCUT2D eigenvalue weighted by atomic mass is 9.96. The van der Waals surface area contributed by atoms with E-state index in [0.29, 0.717) is 4.47 Å². The van der Waals surface area contributed by atoms with Gasteiger partial charge in [-0.2, -0.15) is 0 Å². The summed E-state index contributed by atoms with van der Waals surface area (Å²) < 4.78 is 29.0. The zero-order chi connectivity index (χ0) is 18.4. The third kappa shape index (κ3) is 3.67. The van der Waals surface area contributed by atoms with E-state index in [2.05, 4.69) is 21.1 Å². The zero-order valence-electron chi connectivity index (χ0n) is 13.2. The van der Waals surface area contributed by atoms with Gasteiger partial charge >= 0.3 is 5.97 Å². The van der Waals surface area contributed by atoms with Gasteiger partial charge in [0.05, 0.1) is 5.75 Å². The largest absolute Gasteiger partial charge is 0.476 e. The van der Waals surface area contributed by atoms with Gasteiger partial charge in [0.15, 0.2) is 21.4 Å². The van der Waals surface area contributed by atoms with Crippen molar-refractivity contribution in [2.45, 2.75) is 24.5 Å². The fraction of sp³-hybridized carbons (Fsp3) is 0.312. The lowest BCUT2D eigenvalue weighted by molar-refractivity contribution is 0.0682. The second-order valence-electron chi connectivity index (χ2n) is 6.02. The van der Waals surface area contributed by atoms with Crippen LogP contribution in [0.4, 0.5) is 0 Å². The fourth-order valence-electron chi connectivity index (χ4n) is 2.61. The normalized spacial score (nSPS) is 14.5. The summed E-state index contributed by atoms with van der Waals surface area (Å²) in [6.45, 7) is 0. The van der Waals surface area contributed by atoms with Gasteiger partial charge in [0.25, 0.3) is 0 Å². The number of carboxylic acids is 1. The SMILES string of the molecule is CS(=O)(=O)Cc1c(Br)cccc1C(=O)c1c(C(=O)O)noc1C1CC1. The number of benzene rings is 1. The van der Waals surface area contributed by atoms with E-state index in [4.69, 9.17) is 4.52 Å². The van der Waals surface area contributed by atoms with Gasteiger partial charge in [0, 0.05) is 22.2 Å². The molecule has 0 aliphatic heterocycles. The maximum Gasteiger partial charge on any atom is 0.358 e. The summed E-state index contributed by atoms with van der Waals surface area (Å²) in [6.07, 6.45) is 2.66. The molecule has 3 rings (SSSR count). The molecule has 0 amide bonds. The van der Waals surface area contributed by atoms with E-state index < -0.39 is 27.3 Å². The van der Waals surface area contributed by atoms with Gasteiger partial charge in [0.2, 0.25) is 5.69 Å². The van der Waals surface area contributed by atoms with E-state index in [-0.39, 0.29) is 34.1 Å². The smallest absolute Gasteiger partial charge is 0.358 e. The molecule has 1 saturated carbocycles. The number of hydrogen-bond acceptors (Lipinski definition) is 6. The Morgan fingerprint density at radius 1 is 1.36 bits per heavy atom. The molecule has 0 atom stereocenters. The second kappa shape index (κ2) is 6.38. The Morgan fingerprint density at radius 3 is 2.60 bits per heavy atom. The predicted octanol–water partition coefficient (Wildman–Crippen LogP) is 2.79. The van der Waals surface area contributed by atoms with Gasteiger partial charge in [-0.1, -0.05) is 33.2 Å². The zero-order valence-corrected chi connectivity index (χ0v) is 15.6. The van der Waals surface area contributed by atoms with Crippen LogP contribution < -0.4 is 0 Å². The Labute approximate surface area is 152 Å². The van der Waals surface area contributed by atoms with Crippen molar-refractivity contribution < 1.29 is 27.6 Å². The number of ketones is 1. The molecule has 1 heterocycles. The minimum absolute atomic E-state index is 0.0231. The minimum atomic E-state index is -3.40. The highest BCUT2D eigenvalue weighted by Gasteiger charge is 2.37. The van der Waals surface area contributed by atoms with Gasteiger partial charge in [-0.05, 0) is 24.5 Å². The minimum Gasteiger partial charge on any atom is -0.476 e. The molecule has 7 nitrogen and oxygen atoms in total. The molecule has 1 aliphatic rings. The number of rotatable bonds is 6. The molecule has 0 saturated heterocycles. The molecule has 1 N–H and O–H groups in total. The third-order valence-electron chi connectivity index (χ3n) is 3.87. The van der Waals surface area contributed by atoms with Crippen molar-refractivity contribution in [3.63, 3.8) is 0 Å². The predicted molar refractivity (Wildman–Crippen MR) is 91.6 cm³/mol. The van der Waals surface area contributed by atoms with E-state index in [1.54, 1.807) is 12.1 Å². The first-order valence-corrected chi connectivity index (χ1v) is 10.3. The van der Waals surface area contributed by atoms with E-state index in [9.17, 15) is 23.1 Å². The van der Waals surface area contributed by atoms with Crippen molar-refractivity contribution in [3.05, 3.63) is 50.8 Å². The van der Waals surface area contributed by atoms with Gasteiger partial charge in [-0.15, -0.1) is 0 Å². The average Bonchev–Trinajstić information content (AvgIpc) is 3.25. The summed E-state index contributed by atoms with van der Waals surface area (Å²) in [7, 11) is -3.40. The van der Waals surface area contributed by atoms with Crippen LogP contribution in [-0.4, -0.2) is 36.7 Å². The number of hydrogen-bond donors (Lipinski definition) is 1. The molecule has 1 aromatic carbocycles. The molecule has 1 fully saturated rings. The second-order valence-corrected chi connectivity index (χ2v) is 9.01. The molecule has 9 heteroatoms. The Morgan fingerprint density at radius 2 is 2.04 bits per heavy atom. The summed E-state index contributed by atoms with van der Waals surface area (Å²) in [4.78, 5) is 24.5. The lowest BCUT2D eigenvalue weighted by Crippen LogP contribution is -2.14. The molecular formula is C16H14BrNO6S. The van der Waals surface area contributed by atoms with Crippen LogP contribution >= 0.6 is 15.9 Å². The van der Waals surface area contributed by atoms with E-state index in [1.807, 2.05) is 0 Å². The Hall–Kier alpha value is -2.00. The first-order chi connectivity index (χ1) is 11.7. The number of carboxylic acid groups (broad SMARTS) is 1. The van der Waals surface area contributed by atoms with Crippen LogP contribution in [0.15, 0.2) is 27.2 Å². The van der Waals surface area contributed by atoms with Crippen LogP contribution in [0.3, 0.4) is 0 Å². The highest BCUT2D eigenvalue weighted by molar-refractivity contribution is 9.10. The van der Waals surface area contributed by atoms with Crippen molar-refractivity contribution in [1.82, 2.24) is 5.16 Å². The first-order valence-electron chi connectivity index (χ1n) is 7.41. The van der Waals surface area contributed by atoms with Crippen molar-refractivity contribution in [2.75, 3.05) is 6.26 Å². The average molecular weight is 428 g/mol. The number of carbonyl (C=O) groups is 2. The number of halogens is 1. The van der Waals surface area contributed by atoms with Crippen LogP contribution in [0.1, 0.15) is 56.5 Å². The summed E-state index contributed by atoms with van der Waals surface area (Å²) in [5.74, 6) is -2.07. The summed E-state index contributed by atoms with van der Waals surface area (Å²) in [5, 5.41) is 12.8. The molecule has 0 bridgehead atoms. The van der Waals surface area contributed by atoms with Crippen molar-refractivity contribution in [1.29, 1.82) is 0 Å². The summed E-state index contributed by atoms with van der Waals surface area (Å²) in [6, 6.07) is 4.70. The molecule has 1 aromatic heterocycles. The van der Waals surface area contributed by atoms with E-state index in [0.717, 1.165) is 19.1 Å². The third-order valence-corrected chi connectivity index (χ3v) is 5.42. The fourth-order valence-corrected chi connectivity index (χ4v) is 4.13. The molecule has 1 aliphatic carbocycles. The van der Waals surface area contributed by atoms with Gasteiger partial charge in [0.1, 0.15) is 5.56 Å². The van der Waals surface area contributed by atoms with Crippen molar-refractivity contribution in [2.24, 2.45) is 0 Å². The van der Waals surface area contributed by atoms with Crippen molar-refractivity contribution in [3.8, 4) is 0 Å². The number of aromatic carboxylic acids is 1. The summed E-state index contributed by atoms with van der Waals surface area (Å²) >= 11 is 3.27. The maximum absolute atomic E-state index is 13.1. The van der Waals surface area contributed by atoms with Gasteiger partial charge < -0.3 is 9.63 Å². The highest BCUT2D eigenvalue weighted by atomic mass is 79.9. The van der Waals surface area contributed by atoms with Crippen LogP contribution in [0.5, 0.6) is 0 Å². The van der Waals surface area contributed by atoms with Crippen LogP contribution in [0.2, 0.25) is 0 Å².